The van der Waals surface area contributed by atoms with Crippen molar-refractivity contribution in [1.29, 1.82) is 0 Å². The number of fused-ring (bicyclic) bond motifs is 2. The maximum atomic E-state index is 8.58. The van der Waals surface area contributed by atoms with E-state index in [9.17, 15) is 0 Å². The maximum Gasteiger partial charge on any atom is 0.494 e. The minimum Gasteiger partial charge on any atom is -0.423 e. The molecule has 0 aliphatic carbocycles. The van der Waals surface area contributed by atoms with E-state index in [1.54, 1.807) is 24.3 Å². The van der Waals surface area contributed by atoms with Crippen LogP contribution in [-0.2, 0) is 9.31 Å². The number of aromatic nitrogens is 11. The number of benzene rings is 16. The predicted molar refractivity (Wildman–Crippen MR) is 568 cm³/mol. The Morgan fingerprint density at radius 2 is 0.453 bits per heavy atom. The zero-order chi connectivity index (χ0) is 94.0. The van der Waals surface area contributed by atoms with Crippen LogP contribution in [0.3, 0.4) is 0 Å². The highest BCUT2D eigenvalue weighted by molar-refractivity contribution is 9.11. The van der Waals surface area contributed by atoms with Gasteiger partial charge in [0, 0.05) is 97.8 Å². The fraction of sp³-hybridized carbons (Fsp3) is 0.0513. The lowest BCUT2D eigenvalue weighted by atomic mass is 9.78. The van der Waals surface area contributed by atoms with E-state index in [2.05, 4.69) is 238 Å². The lowest BCUT2D eigenvalue weighted by Crippen LogP contribution is -2.41. The van der Waals surface area contributed by atoms with E-state index in [0.717, 1.165) is 136 Å². The standard InChI is InChI=1S/C42H28N4.C27H18BrN3.C21H22BNO2.C21H13Br2N3.C6H7BO2/c1-4-12-29(13-5-1)35-26-36(30-20-22-32(23-21-30)39-38-19-11-10-14-31(38)24-25-43-39)28-37(27-35)42-45-40(33-15-6-2-7-16-33)44-41(46-42)34-17-8-3-9-18-34;28-24-17-22(19-10-4-1-5-11-19)16-23(18-24)27-30-25(20-12-6-2-7-13-20)29-26(31-27)21-14-8-3-9-15-21;1-20(2)21(3,4)25-22(24-20)17-11-9-16(10-12-17)19-18-8-6-5-7-15(18)13-14-23-19;22-17-11-16(12-18(23)13-17)21-25-19(14-7-3-1-4-8-14)24-20(26-21)15-9-5-2-6-10-15;8-7(9)6-4-2-1-3-5-6/h1-28H;1-18H;5-14H,1-4H3;1-13H;1-5,8-9H. The van der Waals surface area contributed by atoms with Crippen LogP contribution in [0.4, 0.5) is 0 Å². The summed E-state index contributed by atoms with van der Waals surface area (Å²) in [5, 5.41) is 21.8. The molecule has 1 aliphatic heterocycles. The average Bonchev–Trinajstić information content (AvgIpc) is 1.64. The SMILES string of the molecule is Brc1cc(-c2ccccc2)cc(-c2nc(-c3ccccc3)nc(-c3ccccc3)n2)c1.Brc1cc(Br)cc(-c2nc(-c3ccccc3)nc(-c3ccccc3)n2)c1.CC1(C)OB(c2ccc(-c3nccc4ccccc34)cc2)OC1(C)C.OB(O)c1ccccc1.c1ccc(-c2cc(-c3ccc(-c4nccc5ccccc45)cc3)cc(-c3nc(-c4ccccc4)nc(-c4ccccc4)n3)c2)cc1. The first kappa shape index (κ1) is 92.2. The van der Waals surface area contributed by atoms with E-state index < -0.39 is 7.12 Å². The molecule has 0 radical (unpaired) electrons. The molecule has 662 valence electrons. The van der Waals surface area contributed by atoms with Crippen molar-refractivity contribution in [2.75, 3.05) is 0 Å². The van der Waals surface area contributed by atoms with E-state index >= 15 is 0 Å². The van der Waals surface area contributed by atoms with Gasteiger partial charge in [0.05, 0.1) is 22.6 Å². The van der Waals surface area contributed by atoms with Crippen molar-refractivity contribution in [3.8, 4) is 158 Å². The van der Waals surface area contributed by atoms with E-state index in [0.29, 0.717) is 57.9 Å². The van der Waals surface area contributed by atoms with Gasteiger partial charge in [0.1, 0.15) is 0 Å². The van der Waals surface area contributed by atoms with E-state index in [4.69, 9.17) is 69.2 Å². The Bertz CT molecular complexity index is 7490. The normalized spacial score (nSPS) is 12.2. The van der Waals surface area contributed by atoms with Gasteiger partial charge in [0.2, 0.25) is 0 Å². The van der Waals surface area contributed by atoms with Crippen molar-refractivity contribution in [1.82, 2.24) is 54.8 Å². The molecule has 2 N–H and O–H groups in total. The highest BCUT2D eigenvalue weighted by Crippen LogP contribution is 2.40. The quantitative estimate of drug-likeness (QED) is 0.0865. The Morgan fingerprint density at radius 3 is 0.766 bits per heavy atom. The van der Waals surface area contributed by atoms with Crippen LogP contribution in [0.2, 0.25) is 0 Å². The number of rotatable bonds is 16. The van der Waals surface area contributed by atoms with Crippen molar-refractivity contribution in [3.63, 3.8) is 0 Å². The summed E-state index contributed by atoms with van der Waals surface area (Å²) in [5.74, 6) is 5.83. The third-order valence-corrected chi connectivity index (χ3v) is 24.8. The molecule has 0 unspecified atom stereocenters. The second kappa shape index (κ2) is 43.0. The van der Waals surface area contributed by atoms with Gasteiger partial charge in [-0.05, 0) is 150 Å². The number of hydrogen-bond donors (Lipinski definition) is 2. The number of pyridine rings is 2. The summed E-state index contributed by atoms with van der Waals surface area (Å²) in [6, 6.07) is 146. The third kappa shape index (κ3) is 22.7. The van der Waals surface area contributed by atoms with Gasteiger partial charge >= 0.3 is 14.2 Å². The van der Waals surface area contributed by atoms with Crippen molar-refractivity contribution in [3.05, 3.63) is 463 Å². The van der Waals surface area contributed by atoms with Gasteiger partial charge in [0.15, 0.2) is 52.4 Å². The van der Waals surface area contributed by atoms with Crippen LogP contribution >= 0.6 is 47.8 Å². The van der Waals surface area contributed by atoms with Crippen LogP contribution in [0, 0.1) is 0 Å². The first-order chi connectivity index (χ1) is 66.9. The topological polar surface area (TPSA) is 201 Å². The molecule has 0 atom stereocenters. The van der Waals surface area contributed by atoms with Crippen LogP contribution in [-0.4, -0.2) is 90.3 Å². The van der Waals surface area contributed by atoms with Crippen LogP contribution in [0.15, 0.2) is 463 Å². The highest BCUT2D eigenvalue weighted by atomic mass is 79.9. The summed E-state index contributed by atoms with van der Waals surface area (Å²) in [7, 11) is -1.68. The molecule has 1 fully saturated rings. The molecule has 6 heterocycles. The van der Waals surface area contributed by atoms with Gasteiger partial charge in [0.25, 0.3) is 0 Å². The molecule has 0 amide bonds. The molecule has 1 aliphatic rings. The van der Waals surface area contributed by atoms with Crippen LogP contribution in [0.5, 0.6) is 0 Å². The molecule has 20 heteroatoms. The molecule has 22 rings (SSSR count). The fourth-order valence-electron chi connectivity index (χ4n) is 15.7. The first-order valence-electron chi connectivity index (χ1n) is 44.7. The van der Waals surface area contributed by atoms with Crippen molar-refractivity contribution < 1.29 is 19.4 Å². The predicted octanol–water partition coefficient (Wildman–Crippen LogP) is 27.7. The molecule has 137 heavy (non-hydrogen) atoms. The summed E-state index contributed by atoms with van der Waals surface area (Å²) < 4.78 is 15.2. The molecule has 0 spiro atoms. The van der Waals surface area contributed by atoms with Crippen LogP contribution in [0.25, 0.3) is 180 Å². The summed E-state index contributed by atoms with van der Waals surface area (Å²) in [6.45, 7) is 8.28. The molecule has 0 saturated carbocycles. The Balaban J connectivity index is 0.000000121. The minimum absolute atomic E-state index is 0.326. The van der Waals surface area contributed by atoms with Gasteiger partial charge in [-0.1, -0.05) is 418 Å². The summed E-state index contributed by atoms with van der Waals surface area (Å²) in [6.07, 6.45) is 3.74. The van der Waals surface area contributed by atoms with Crippen LogP contribution < -0.4 is 10.9 Å². The van der Waals surface area contributed by atoms with Gasteiger partial charge in [-0.15, -0.1) is 0 Å². The summed E-state index contributed by atoms with van der Waals surface area (Å²) in [4.78, 5) is 52.8. The Kier molecular flexibility index (Phi) is 28.9. The molecule has 21 aromatic rings. The van der Waals surface area contributed by atoms with E-state index in [1.165, 1.54) is 10.8 Å². The molecular formula is C117H88B2Br3N11O4. The number of halogens is 3. The monoisotopic (exact) mass is 1970 g/mol. The second-order valence-electron chi connectivity index (χ2n) is 33.4. The minimum atomic E-state index is -1.34. The summed E-state index contributed by atoms with van der Waals surface area (Å²) >= 11 is 10.7. The van der Waals surface area contributed by atoms with Gasteiger partial charge in [-0.3, -0.25) is 9.97 Å². The molecule has 5 aromatic heterocycles. The largest absolute Gasteiger partial charge is 0.494 e. The fourth-order valence-corrected chi connectivity index (χ4v) is 17.4. The lowest BCUT2D eigenvalue weighted by molar-refractivity contribution is 0.00578. The molecular weight excluding hydrogens is 1880 g/mol. The van der Waals surface area contributed by atoms with E-state index in [-0.39, 0.29) is 18.3 Å². The van der Waals surface area contributed by atoms with Crippen molar-refractivity contribution in [2.45, 2.75) is 38.9 Å². The van der Waals surface area contributed by atoms with Gasteiger partial charge in [-0.25, -0.2) is 44.9 Å². The van der Waals surface area contributed by atoms with Gasteiger partial charge < -0.3 is 19.4 Å². The zero-order valence-corrected chi connectivity index (χ0v) is 79.9. The lowest BCUT2D eigenvalue weighted by Gasteiger charge is -2.32. The summed E-state index contributed by atoms with van der Waals surface area (Å²) in [5.41, 5.74) is 20.2. The third-order valence-electron chi connectivity index (χ3n) is 23.4. The van der Waals surface area contributed by atoms with E-state index in [1.807, 2.05) is 267 Å². The maximum absolute atomic E-state index is 8.58. The number of nitrogens with zero attached hydrogens (tertiary/aromatic N) is 11. The highest BCUT2D eigenvalue weighted by Gasteiger charge is 2.51. The Morgan fingerprint density at radius 1 is 0.226 bits per heavy atom. The second-order valence-corrected chi connectivity index (χ2v) is 36.1. The molecule has 16 aromatic carbocycles. The Hall–Kier alpha value is -15.2. The smallest absolute Gasteiger partial charge is 0.423 e. The molecule has 15 nitrogen and oxygen atoms in total. The zero-order valence-electron chi connectivity index (χ0n) is 75.1. The van der Waals surface area contributed by atoms with Crippen LogP contribution in [0.1, 0.15) is 27.7 Å². The van der Waals surface area contributed by atoms with Crippen molar-refractivity contribution in [2.24, 2.45) is 0 Å². The average molecular weight is 1970 g/mol. The van der Waals surface area contributed by atoms with Crippen molar-refractivity contribution >= 4 is 94.5 Å². The Labute approximate surface area is 822 Å². The first-order valence-corrected chi connectivity index (χ1v) is 47.1. The number of hydrogen-bond acceptors (Lipinski definition) is 15. The van der Waals surface area contributed by atoms with Gasteiger partial charge in [-0.2, -0.15) is 0 Å². The molecule has 0 bridgehead atoms. The molecule has 1 saturated heterocycles.